The smallest absolute Gasteiger partial charge is 0.243 e. The number of hydrogen-bond acceptors (Lipinski definition) is 3. The number of amides is 1. The van der Waals surface area contributed by atoms with Gasteiger partial charge in [0.2, 0.25) is 5.91 Å². The lowest BCUT2D eigenvalue weighted by atomic mass is 10.2. The molecular formula is C17H18BrClN2O2. The summed E-state index contributed by atoms with van der Waals surface area (Å²) in [4.78, 5) is 12.1. The predicted octanol–water partition coefficient (Wildman–Crippen LogP) is 4.86. The fourth-order valence-electron chi connectivity index (χ4n) is 2.08. The van der Waals surface area contributed by atoms with Crippen LogP contribution >= 0.6 is 27.5 Å². The molecule has 0 saturated carbocycles. The Morgan fingerprint density at radius 1 is 1.26 bits per heavy atom. The van der Waals surface area contributed by atoms with Crippen molar-refractivity contribution in [2.24, 2.45) is 0 Å². The van der Waals surface area contributed by atoms with Crippen LogP contribution in [0.1, 0.15) is 12.5 Å². The normalized spacial score (nSPS) is 10.3. The minimum Gasteiger partial charge on any atom is -0.490 e. The third-order valence-electron chi connectivity index (χ3n) is 3.16. The van der Waals surface area contributed by atoms with Crippen LogP contribution in [0, 0.1) is 6.92 Å². The number of anilines is 2. The van der Waals surface area contributed by atoms with Crippen LogP contribution in [0.2, 0.25) is 5.02 Å². The number of halogens is 2. The molecule has 0 saturated heterocycles. The maximum Gasteiger partial charge on any atom is 0.243 e. The zero-order chi connectivity index (χ0) is 16.8. The first kappa shape index (κ1) is 17.6. The minimum absolute atomic E-state index is 0.121. The summed E-state index contributed by atoms with van der Waals surface area (Å²) in [5, 5.41) is 6.45. The lowest BCUT2D eigenvalue weighted by Crippen LogP contribution is -2.22. The summed E-state index contributed by atoms with van der Waals surface area (Å²) in [6, 6.07) is 11.1. The number of ether oxygens (including phenoxy) is 1. The second kappa shape index (κ2) is 8.22. The molecule has 0 aliphatic carbocycles. The van der Waals surface area contributed by atoms with Crippen molar-refractivity contribution in [3.8, 4) is 5.75 Å². The van der Waals surface area contributed by atoms with Crippen molar-refractivity contribution in [2.75, 3.05) is 23.8 Å². The lowest BCUT2D eigenvalue weighted by molar-refractivity contribution is -0.114. The van der Waals surface area contributed by atoms with E-state index in [1.165, 1.54) is 0 Å². The van der Waals surface area contributed by atoms with Gasteiger partial charge in [0.1, 0.15) is 0 Å². The Morgan fingerprint density at radius 2 is 2.04 bits per heavy atom. The summed E-state index contributed by atoms with van der Waals surface area (Å²) < 4.78 is 6.50. The van der Waals surface area contributed by atoms with Crippen molar-refractivity contribution >= 4 is 44.8 Å². The van der Waals surface area contributed by atoms with Gasteiger partial charge in [-0.25, -0.2) is 0 Å². The van der Waals surface area contributed by atoms with Crippen LogP contribution in [0.4, 0.5) is 11.4 Å². The molecule has 0 heterocycles. The number of hydrogen-bond donors (Lipinski definition) is 2. The van der Waals surface area contributed by atoms with Crippen molar-refractivity contribution in [3.63, 3.8) is 0 Å². The number of benzene rings is 2. The molecule has 122 valence electrons. The highest BCUT2D eigenvalue weighted by Gasteiger charge is 2.10. The average Bonchev–Trinajstić information content (AvgIpc) is 2.51. The molecule has 1 amide bonds. The topological polar surface area (TPSA) is 50.4 Å². The van der Waals surface area contributed by atoms with Gasteiger partial charge in [-0.2, -0.15) is 0 Å². The van der Waals surface area contributed by atoms with E-state index in [-0.39, 0.29) is 12.5 Å². The van der Waals surface area contributed by atoms with Gasteiger partial charge in [0.05, 0.1) is 23.9 Å². The molecule has 0 spiro atoms. The third-order valence-corrected chi connectivity index (χ3v) is 3.95. The molecule has 2 aromatic carbocycles. The average molecular weight is 398 g/mol. The molecule has 2 N–H and O–H groups in total. The van der Waals surface area contributed by atoms with Crippen molar-refractivity contribution in [2.45, 2.75) is 13.8 Å². The molecule has 0 atom stereocenters. The number of para-hydroxylation sites is 1. The van der Waals surface area contributed by atoms with Crippen LogP contribution in [-0.2, 0) is 4.79 Å². The Balaban J connectivity index is 2.01. The molecule has 2 rings (SSSR count). The molecule has 0 unspecified atom stereocenters. The van der Waals surface area contributed by atoms with Gasteiger partial charge in [-0.1, -0.05) is 33.6 Å². The van der Waals surface area contributed by atoms with Gasteiger partial charge in [0.15, 0.2) is 5.75 Å². The predicted molar refractivity (Wildman–Crippen MR) is 98.6 cm³/mol. The van der Waals surface area contributed by atoms with Gasteiger partial charge < -0.3 is 15.4 Å². The zero-order valence-corrected chi connectivity index (χ0v) is 15.3. The molecule has 0 bridgehead atoms. The van der Waals surface area contributed by atoms with Gasteiger partial charge in [-0.15, -0.1) is 0 Å². The second-order valence-electron chi connectivity index (χ2n) is 4.91. The number of aryl methyl sites for hydroxylation is 1. The Hall–Kier alpha value is -1.72. The van der Waals surface area contributed by atoms with Crippen molar-refractivity contribution < 1.29 is 9.53 Å². The molecule has 23 heavy (non-hydrogen) atoms. The second-order valence-corrected chi connectivity index (χ2v) is 6.23. The monoisotopic (exact) mass is 396 g/mol. The molecule has 0 aliphatic heterocycles. The molecule has 0 aliphatic rings. The molecule has 4 nitrogen and oxygen atoms in total. The van der Waals surface area contributed by atoms with E-state index in [1.54, 1.807) is 6.07 Å². The number of nitrogens with one attached hydrogen (secondary N) is 2. The fourth-order valence-corrected chi connectivity index (χ4v) is 2.78. The first-order valence-electron chi connectivity index (χ1n) is 7.22. The van der Waals surface area contributed by atoms with Crippen LogP contribution in [0.3, 0.4) is 0 Å². The summed E-state index contributed by atoms with van der Waals surface area (Å²) in [6.45, 7) is 4.45. The van der Waals surface area contributed by atoms with Gasteiger partial charge in [0.25, 0.3) is 0 Å². The lowest BCUT2D eigenvalue weighted by Gasteiger charge is -2.14. The summed E-state index contributed by atoms with van der Waals surface area (Å²) in [5.41, 5.74) is 2.48. The molecule has 0 radical (unpaired) electrons. The number of carbonyl (C=O) groups excluding carboxylic acids is 1. The standard InChI is InChI=1S/C17H18BrClN2O2/c1-3-23-17-13(19)5-4-6-15(17)20-10-16(22)21-14-8-7-12(18)9-11(14)2/h4-9,20H,3,10H2,1-2H3,(H,21,22). The SMILES string of the molecule is CCOc1c(Cl)cccc1NCC(=O)Nc1ccc(Br)cc1C. The first-order valence-corrected chi connectivity index (χ1v) is 8.39. The van der Waals surface area contributed by atoms with E-state index in [1.807, 2.05) is 44.2 Å². The zero-order valence-electron chi connectivity index (χ0n) is 13.0. The summed E-state index contributed by atoms with van der Waals surface area (Å²) in [7, 11) is 0. The third kappa shape index (κ3) is 4.88. The van der Waals surface area contributed by atoms with Crippen LogP contribution in [0.15, 0.2) is 40.9 Å². The Kier molecular flexibility index (Phi) is 6.30. The summed E-state index contributed by atoms with van der Waals surface area (Å²) in [5.74, 6) is 0.419. The van der Waals surface area contributed by atoms with Gasteiger partial charge >= 0.3 is 0 Å². The first-order chi connectivity index (χ1) is 11.0. The summed E-state index contributed by atoms with van der Waals surface area (Å²) in [6.07, 6.45) is 0. The quantitative estimate of drug-likeness (QED) is 0.732. The van der Waals surface area contributed by atoms with Gasteiger partial charge in [0, 0.05) is 10.2 Å². The number of rotatable bonds is 6. The maximum atomic E-state index is 12.1. The van der Waals surface area contributed by atoms with Gasteiger partial charge in [-0.3, -0.25) is 4.79 Å². The van der Waals surface area contributed by atoms with Gasteiger partial charge in [-0.05, 0) is 49.7 Å². The van der Waals surface area contributed by atoms with E-state index in [9.17, 15) is 4.79 Å². The fraction of sp³-hybridized carbons (Fsp3) is 0.235. The Bertz CT molecular complexity index is 707. The van der Waals surface area contributed by atoms with Crippen molar-refractivity contribution in [3.05, 3.63) is 51.5 Å². The van der Waals surface area contributed by atoms with E-state index in [4.69, 9.17) is 16.3 Å². The van der Waals surface area contributed by atoms with E-state index in [2.05, 4.69) is 26.6 Å². The molecule has 0 aromatic heterocycles. The Morgan fingerprint density at radius 3 is 2.74 bits per heavy atom. The minimum atomic E-state index is -0.141. The highest BCUT2D eigenvalue weighted by molar-refractivity contribution is 9.10. The summed E-state index contributed by atoms with van der Waals surface area (Å²) >= 11 is 9.52. The van der Waals surface area contributed by atoms with Crippen LogP contribution in [0.5, 0.6) is 5.75 Å². The molecular weight excluding hydrogens is 380 g/mol. The highest BCUT2D eigenvalue weighted by atomic mass is 79.9. The highest BCUT2D eigenvalue weighted by Crippen LogP contribution is 2.32. The largest absolute Gasteiger partial charge is 0.490 e. The van der Waals surface area contributed by atoms with E-state index >= 15 is 0 Å². The molecule has 0 fully saturated rings. The van der Waals surface area contributed by atoms with Crippen molar-refractivity contribution in [1.82, 2.24) is 0 Å². The molecule has 6 heteroatoms. The Labute approximate surface area is 149 Å². The van der Waals surface area contributed by atoms with E-state index in [0.717, 1.165) is 15.7 Å². The molecule has 2 aromatic rings. The van der Waals surface area contributed by atoms with Crippen LogP contribution < -0.4 is 15.4 Å². The van der Waals surface area contributed by atoms with Crippen LogP contribution in [-0.4, -0.2) is 19.1 Å². The van der Waals surface area contributed by atoms with Crippen molar-refractivity contribution in [1.29, 1.82) is 0 Å². The van der Waals surface area contributed by atoms with E-state index < -0.39 is 0 Å². The van der Waals surface area contributed by atoms with Crippen LogP contribution in [0.25, 0.3) is 0 Å². The van der Waals surface area contributed by atoms with E-state index in [0.29, 0.717) is 23.1 Å². The number of carbonyl (C=O) groups is 1. The maximum absolute atomic E-state index is 12.1.